The number of aromatic nitrogens is 3. The summed E-state index contributed by atoms with van der Waals surface area (Å²) < 4.78 is 3.21. The average molecular weight is 406 g/mol. The van der Waals surface area contributed by atoms with E-state index in [-0.39, 0.29) is 18.3 Å². The van der Waals surface area contributed by atoms with Gasteiger partial charge in [-0.3, -0.25) is 4.79 Å². The molecule has 8 heteroatoms. The lowest BCUT2D eigenvalue weighted by molar-refractivity contribution is 0.0948. The molecule has 3 heterocycles. The van der Waals surface area contributed by atoms with E-state index in [4.69, 9.17) is 0 Å². The van der Waals surface area contributed by atoms with Crippen molar-refractivity contribution in [2.45, 2.75) is 32.2 Å². The molecule has 0 bridgehead atoms. The molecule has 1 saturated heterocycles. The van der Waals surface area contributed by atoms with Gasteiger partial charge in [-0.2, -0.15) is 0 Å². The zero-order chi connectivity index (χ0) is 17.9. The normalized spacial score (nSPS) is 14.9. The Kier molecular flexibility index (Phi) is 6.46. The average Bonchev–Trinajstić information content (AvgIpc) is 3.26. The quantitative estimate of drug-likeness (QED) is 0.684. The van der Waals surface area contributed by atoms with E-state index >= 15 is 0 Å². The number of rotatable bonds is 5. The summed E-state index contributed by atoms with van der Waals surface area (Å²) in [4.78, 5) is 12.5. The van der Waals surface area contributed by atoms with Crippen LogP contribution in [0.5, 0.6) is 0 Å². The molecule has 4 rings (SSSR count). The summed E-state index contributed by atoms with van der Waals surface area (Å²) >= 11 is 1.75. The molecule has 1 fully saturated rings. The molecule has 0 saturated carbocycles. The van der Waals surface area contributed by atoms with Crippen LogP contribution in [-0.2, 0) is 6.42 Å². The van der Waals surface area contributed by atoms with Crippen LogP contribution >= 0.6 is 23.7 Å². The molecule has 6 nitrogen and oxygen atoms in total. The van der Waals surface area contributed by atoms with E-state index in [2.05, 4.69) is 50.6 Å². The van der Waals surface area contributed by atoms with Crippen molar-refractivity contribution >= 4 is 39.7 Å². The van der Waals surface area contributed by atoms with Crippen LogP contribution in [0.25, 0.3) is 10.1 Å². The second-order valence-corrected chi connectivity index (χ2v) is 7.62. The summed E-state index contributed by atoms with van der Waals surface area (Å²) in [6.07, 6.45) is 2.87. The van der Waals surface area contributed by atoms with E-state index in [0.29, 0.717) is 18.3 Å². The van der Waals surface area contributed by atoms with Crippen LogP contribution in [0, 0.1) is 6.92 Å². The highest BCUT2D eigenvalue weighted by Gasteiger charge is 2.22. The van der Waals surface area contributed by atoms with Crippen LogP contribution in [0.3, 0.4) is 0 Å². The van der Waals surface area contributed by atoms with Crippen LogP contribution in [-0.4, -0.2) is 40.5 Å². The number of hydrogen-bond acceptors (Lipinski definition) is 5. The number of amides is 1. The van der Waals surface area contributed by atoms with Crippen LogP contribution in [0.15, 0.2) is 29.6 Å². The fourth-order valence-electron chi connectivity index (χ4n) is 3.57. The Bertz CT molecular complexity index is 916. The first-order valence-electron chi connectivity index (χ1n) is 9.10. The third-order valence-corrected chi connectivity index (χ3v) is 6.05. The second kappa shape index (κ2) is 8.82. The highest BCUT2D eigenvalue weighted by atomic mass is 35.5. The molecular formula is C19H24ClN5OS. The Hall–Kier alpha value is -1.96. The lowest BCUT2D eigenvalue weighted by atomic mass is 10.1. The smallest absolute Gasteiger partial charge is 0.273 e. The Morgan fingerprint density at radius 3 is 2.93 bits per heavy atom. The van der Waals surface area contributed by atoms with E-state index in [1.807, 2.05) is 11.6 Å². The van der Waals surface area contributed by atoms with Gasteiger partial charge in [0.15, 0.2) is 5.69 Å². The van der Waals surface area contributed by atoms with E-state index in [1.165, 1.54) is 15.6 Å². The Morgan fingerprint density at radius 2 is 2.11 bits per heavy atom. The summed E-state index contributed by atoms with van der Waals surface area (Å²) in [5.41, 5.74) is 2.58. The minimum Gasteiger partial charge on any atom is -0.350 e. The zero-order valence-corrected chi connectivity index (χ0v) is 16.9. The molecule has 1 amide bonds. The molecule has 0 spiro atoms. The van der Waals surface area contributed by atoms with Gasteiger partial charge in [0, 0.05) is 11.2 Å². The molecule has 1 aromatic carbocycles. The maximum Gasteiger partial charge on any atom is 0.273 e. The summed E-state index contributed by atoms with van der Waals surface area (Å²) in [5, 5.41) is 18.2. The van der Waals surface area contributed by atoms with Crippen molar-refractivity contribution in [3.63, 3.8) is 0 Å². The molecule has 0 unspecified atom stereocenters. The second-order valence-electron chi connectivity index (χ2n) is 6.71. The molecule has 2 aromatic heterocycles. The molecule has 1 aliphatic heterocycles. The summed E-state index contributed by atoms with van der Waals surface area (Å²) in [5.74, 6) is -0.137. The number of hydrogen-bond donors (Lipinski definition) is 2. The van der Waals surface area contributed by atoms with Gasteiger partial charge in [-0.1, -0.05) is 23.4 Å². The van der Waals surface area contributed by atoms with E-state index in [0.717, 1.165) is 38.0 Å². The monoisotopic (exact) mass is 405 g/mol. The maximum absolute atomic E-state index is 12.5. The molecule has 2 N–H and O–H groups in total. The van der Waals surface area contributed by atoms with Crippen LogP contribution in [0.1, 0.15) is 40.6 Å². The first kappa shape index (κ1) is 19.8. The predicted octanol–water partition coefficient (Wildman–Crippen LogP) is 3.12. The number of nitrogens with zero attached hydrogens (tertiary/aromatic N) is 3. The van der Waals surface area contributed by atoms with E-state index < -0.39 is 0 Å². The molecule has 0 radical (unpaired) electrons. The van der Waals surface area contributed by atoms with Crippen molar-refractivity contribution in [2.24, 2.45) is 0 Å². The van der Waals surface area contributed by atoms with Gasteiger partial charge in [-0.15, -0.1) is 28.8 Å². The largest absolute Gasteiger partial charge is 0.350 e. The van der Waals surface area contributed by atoms with Crippen molar-refractivity contribution in [2.75, 3.05) is 19.6 Å². The van der Waals surface area contributed by atoms with Gasteiger partial charge in [-0.25, -0.2) is 4.68 Å². The van der Waals surface area contributed by atoms with Crippen LogP contribution in [0.4, 0.5) is 0 Å². The molecule has 0 atom stereocenters. The maximum atomic E-state index is 12.5. The number of carbonyl (C=O) groups excluding carboxylic acids is 1. The number of thiophene rings is 1. The fraction of sp³-hybridized carbons (Fsp3) is 0.421. The van der Waals surface area contributed by atoms with Crippen molar-refractivity contribution in [3.05, 3.63) is 46.6 Å². The molecule has 1 aliphatic rings. The van der Waals surface area contributed by atoms with Gasteiger partial charge in [0.05, 0.1) is 11.7 Å². The summed E-state index contributed by atoms with van der Waals surface area (Å²) in [6.45, 7) is 4.50. The van der Waals surface area contributed by atoms with Gasteiger partial charge in [0.2, 0.25) is 0 Å². The minimum absolute atomic E-state index is 0. The first-order valence-corrected chi connectivity index (χ1v) is 9.98. The lowest BCUT2D eigenvalue weighted by Gasteiger charge is -2.23. The highest BCUT2D eigenvalue weighted by Crippen LogP contribution is 2.25. The van der Waals surface area contributed by atoms with Crippen LogP contribution in [0.2, 0.25) is 0 Å². The van der Waals surface area contributed by atoms with Crippen LogP contribution < -0.4 is 10.6 Å². The number of piperidine rings is 1. The first-order chi connectivity index (χ1) is 12.7. The number of nitrogens with one attached hydrogen (secondary N) is 2. The molecule has 3 aromatic rings. The third kappa shape index (κ3) is 4.15. The molecule has 0 aliphatic carbocycles. The number of fused-ring (bicyclic) bond motifs is 1. The minimum atomic E-state index is -0.137. The molecule has 27 heavy (non-hydrogen) atoms. The Balaban J connectivity index is 0.00000210. The van der Waals surface area contributed by atoms with Crippen molar-refractivity contribution < 1.29 is 4.79 Å². The topological polar surface area (TPSA) is 71.8 Å². The molecule has 144 valence electrons. The van der Waals surface area contributed by atoms with E-state index in [9.17, 15) is 4.79 Å². The number of benzene rings is 1. The van der Waals surface area contributed by atoms with E-state index in [1.54, 1.807) is 11.3 Å². The number of halogens is 1. The van der Waals surface area contributed by atoms with Gasteiger partial charge >= 0.3 is 0 Å². The SMILES string of the molecule is Cc1c(C(=O)NCCc2csc3ccccc23)nnn1C1CCNCC1.Cl. The lowest BCUT2D eigenvalue weighted by Crippen LogP contribution is -2.30. The standard InChI is InChI=1S/C19H23N5OS.ClH/c1-13-18(22-23-24(13)15-7-9-20-10-8-15)19(25)21-11-6-14-12-26-17-5-3-2-4-16(14)17;/h2-5,12,15,20H,6-11H2,1H3,(H,21,25);1H. The van der Waals surface area contributed by atoms with Crippen molar-refractivity contribution in [1.82, 2.24) is 25.6 Å². The fourth-order valence-corrected chi connectivity index (χ4v) is 4.57. The third-order valence-electron chi connectivity index (χ3n) is 5.04. The van der Waals surface area contributed by atoms with Crippen molar-refractivity contribution in [3.8, 4) is 0 Å². The van der Waals surface area contributed by atoms with Gasteiger partial charge in [0.1, 0.15) is 0 Å². The zero-order valence-electron chi connectivity index (χ0n) is 15.3. The van der Waals surface area contributed by atoms with Gasteiger partial charge in [0.25, 0.3) is 5.91 Å². The summed E-state index contributed by atoms with van der Waals surface area (Å²) in [7, 11) is 0. The van der Waals surface area contributed by atoms with Crippen molar-refractivity contribution in [1.29, 1.82) is 0 Å². The number of carbonyl (C=O) groups is 1. The van der Waals surface area contributed by atoms with Gasteiger partial charge in [-0.05, 0) is 61.7 Å². The highest BCUT2D eigenvalue weighted by molar-refractivity contribution is 7.17. The Labute approximate surface area is 168 Å². The van der Waals surface area contributed by atoms with Gasteiger partial charge < -0.3 is 10.6 Å². The predicted molar refractivity (Wildman–Crippen MR) is 111 cm³/mol. The molecular weight excluding hydrogens is 382 g/mol. The Morgan fingerprint density at radius 1 is 1.33 bits per heavy atom. The summed E-state index contributed by atoms with van der Waals surface area (Å²) in [6, 6.07) is 8.71.